The standard InChI is InChI=1S/C11H24N2O3S/c1-11(10-12-4-7-16-2)13-5-3-8-17(14,15)9-6-13/h11-12H,3-10H2,1-2H3. The lowest BCUT2D eigenvalue weighted by molar-refractivity contribution is 0.187. The molecule has 5 nitrogen and oxygen atoms in total. The predicted molar refractivity (Wildman–Crippen MR) is 69.1 cm³/mol. The summed E-state index contributed by atoms with van der Waals surface area (Å²) in [6.07, 6.45) is 0.755. The van der Waals surface area contributed by atoms with E-state index < -0.39 is 9.84 Å². The molecule has 0 saturated carbocycles. The molecule has 1 aliphatic heterocycles. The van der Waals surface area contributed by atoms with Crippen LogP contribution in [0.1, 0.15) is 13.3 Å². The second-order valence-electron chi connectivity index (χ2n) is 4.59. The van der Waals surface area contributed by atoms with E-state index in [-0.39, 0.29) is 0 Å². The van der Waals surface area contributed by atoms with Crippen LogP contribution >= 0.6 is 0 Å². The molecule has 1 N–H and O–H groups in total. The lowest BCUT2D eigenvalue weighted by atomic mass is 10.2. The third-order valence-corrected chi connectivity index (χ3v) is 4.85. The SMILES string of the molecule is COCCNCC(C)N1CCCS(=O)(=O)CC1. The average molecular weight is 264 g/mol. The van der Waals surface area contributed by atoms with E-state index in [1.54, 1.807) is 7.11 Å². The summed E-state index contributed by atoms with van der Waals surface area (Å²) in [5.74, 6) is 0.642. The molecule has 1 atom stereocenters. The lowest BCUT2D eigenvalue weighted by Crippen LogP contribution is -2.42. The first kappa shape index (κ1) is 14.9. The molecule has 1 unspecified atom stereocenters. The molecule has 1 fully saturated rings. The van der Waals surface area contributed by atoms with Gasteiger partial charge < -0.3 is 10.1 Å². The molecule has 0 aromatic rings. The Morgan fingerprint density at radius 3 is 2.82 bits per heavy atom. The number of hydrogen-bond acceptors (Lipinski definition) is 5. The Labute approximate surface area is 104 Å². The summed E-state index contributed by atoms with van der Waals surface area (Å²) in [7, 11) is -1.11. The summed E-state index contributed by atoms with van der Waals surface area (Å²) in [5.41, 5.74) is 0. The Morgan fingerprint density at radius 1 is 1.35 bits per heavy atom. The normalized spacial score (nSPS) is 23.2. The maximum Gasteiger partial charge on any atom is 0.151 e. The molecular weight excluding hydrogens is 240 g/mol. The molecule has 1 saturated heterocycles. The number of ether oxygens (including phenoxy) is 1. The first-order chi connectivity index (χ1) is 8.05. The molecule has 102 valence electrons. The predicted octanol–water partition coefficient (Wildman–Crippen LogP) is -0.269. The highest BCUT2D eigenvalue weighted by molar-refractivity contribution is 7.91. The topological polar surface area (TPSA) is 58.6 Å². The number of rotatable bonds is 6. The van der Waals surface area contributed by atoms with Gasteiger partial charge in [0.2, 0.25) is 0 Å². The van der Waals surface area contributed by atoms with Crippen molar-refractivity contribution in [1.82, 2.24) is 10.2 Å². The van der Waals surface area contributed by atoms with E-state index in [0.29, 0.717) is 30.7 Å². The van der Waals surface area contributed by atoms with Crippen LogP contribution in [0.2, 0.25) is 0 Å². The van der Waals surface area contributed by atoms with Crippen molar-refractivity contribution in [2.75, 3.05) is 51.4 Å². The summed E-state index contributed by atoms with van der Waals surface area (Å²) < 4.78 is 27.9. The monoisotopic (exact) mass is 264 g/mol. The van der Waals surface area contributed by atoms with Gasteiger partial charge >= 0.3 is 0 Å². The fraction of sp³-hybridized carbons (Fsp3) is 1.00. The van der Waals surface area contributed by atoms with Gasteiger partial charge in [0.25, 0.3) is 0 Å². The maximum absolute atomic E-state index is 11.5. The molecule has 6 heteroatoms. The summed E-state index contributed by atoms with van der Waals surface area (Å²) in [6.45, 7) is 6.11. The Balaban J connectivity index is 2.29. The molecule has 1 rings (SSSR count). The average Bonchev–Trinajstić information content (AvgIpc) is 2.45. The summed E-state index contributed by atoms with van der Waals surface area (Å²) in [5, 5.41) is 3.31. The third kappa shape index (κ3) is 5.81. The van der Waals surface area contributed by atoms with Crippen LogP contribution in [0.15, 0.2) is 0 Å². The van der Waals surface area contributed by atoms with Crippen LogP contribution in [-0.4, -0.2) is 70.8 Å². The van der Waals surface area contributed by atoms with Gasteiger partial charge in [-0.1, -0.05) is 0 Å². The Hall–Kier alpha value is -0.170. The van der Waals surface area contributed by atoms with E-state index in [1.807, 2.05) is 0 Å². The molecule has 0 aliphatic carbocycles. The van der Waals surface area contributed by atoms with Gasteiger partial charge in [0, 0.05) is 32.8 Å². The fourth-order valence-corrected chi connectivity index (χ4v) is 3.30. The van der Waals surface area contributed by atoms with Gasteiger partial charge in [0.15, 0.2) is 9.84 Å². The van der Waals surface area contributed by atoms with Crippen LogP contribution in [-0.2, 0) is 14.6 Å². The fourth-order valence-electron chi connectivity index (χ4n) is 2.01. The number of nitrogens with zero attached hydrogens (tertiary/aromatic N) is 1. The molecule has 0 bridgehead atoms. The first-order valence-electron chi connectivity index (χ1n) is 6.19. The molecule has 0 aromatic carbocycles. The van der Waals surface area contributed by atoms with E-state index in [4.69, 9.17) is 4.74 Å². The highest BCUT2D eigenvalue weighted by Gasteiger charge is 2.21. The molecule has 17 heavy (non-hydrogen) atoms. The minimum absolute atomic E-state index is 0.301. The minimum Gasteiger partial charge on any atom is -0.383 e. The number of nitrogens with one attached hydrogen (secondary N) is 1. The van der Waals surface area contributed by atoms with E-state index in [0.717, 1.165) is 26.1 Å². The molecule has 0 spiro atoms. The number of methoxy groups -OCH3 is 1. The van der Waals surface area contributed by atoms with Gasteiger partial charge in [-0.3, -0.25) is 4.90 Å². The van der Waals surface area contributed by atoms with E-state index in [2.05, 4.69) is 17.1 Å². The smallest absolute Gasteiger partial charge is 0.151 e. The van der Waals surface area contributed by atoms with Gasteiger partial charge in [-0.25, -0.2) is 8.42 Å². The van der Waals surface area contributed by atoms with Gasteiger partial charge in [0.05, 0.1) is 18.1 Å². The Bertz CT molecular complexity index is 306. The van der Waals surface area contributed by atoms with E-state index in [1.165, 1.54) is 0 Å². The zero-order valence-corrected chi connectivity index (χ0v) is 11.6. The Morgan fingerprint density at radius 2 is 2.12 bits per heavy atom. The van der Waals surface area contributed by atoms with Crippen LogP contribution in [0.25, 0.3) is 0 Å². The zero-order valence-electron chi connectivity index (χ0n) is 10.8. The Kier molecular flexibility index (Phi) is 6.40. The summed E-state index contributed by atoms with van der Waals surface area (Å²) >= 11 is 0. The highest BCUT2D eigenvalue weighted by Crippen LogP contribution is 2.08. The van der Waals surface area contributed by atoms with Crippen molar-refractivity contribution in [1.29, 1.82) is 0 Å². The third-order valence-electron chi connectivity index (χ3n) is 3.14. The maximum atomic E-state index is 11.5. The van der Waals surface area contributed by atoms with Gasteiger partial charge in [-0.05, 0) is 19.9 Å². The van der Waals surface area contributed by atoms with Gasteiger partial charge in [0.1, 0.15) is 0 Å². The second kappa shape index (κ2) is 7.31. The van der Waals surface area contributed by atoms with Crippen molar-refractivity contribution in [2.24, 2.45) is 0 Å². The van der Waals surface area contributed by atoms with Crippen LogP contribution in [0, 0.1) is 0 Å². The van der Waals surface area contributed by atoms with Crippen LogP contribution in [0.5, 0.6) is 0 Å². The summed E-state index contributed by atoms with van der Waals surface area (Å²) in [6, 6.07) is 0.375. The van der Waals surface area contributed by atoms with Gasteiger partial charge in [-0.15, -0.1) is 0 Å². The van der Waals surface area contributed by atoms with E-state index in [9.17, 15) is 8.42 Å². The molecular formula is C11H24N2O3S. The zero-order chi connectivity index (χ0) is 12.7. The van der Waals surface area contributed by atoms with Crippen LogP contribution in [0.4, 0.5) is 0 Å². The lowest BCUT2D eigenvalue weighted by Gasteiger charge is -2.27. The molecule has 1 heterocycles. The number of hydrogen-bond donors (Lipinski definition) is 1. The highest BCUT2D eigenvalue weighted by atomic mass is 32.2. The molecule has 1 aliphatic rings. The van der Waals surface area contributed by atoms with Crippen molar-refractivity contribution in [3.63, 3.8) is 0 Å². The van der Waals surface area contributed by atoms with Crippen LogP contribution in [0.3, 0.4) is 0 Å². The minimum atomic E-state index is -2.80. The summed E-state index contributed by atoms with van der Waals surface area (Å²) in [4.78, 5) is 2.25. The molecule has 0 radical (unpaired) electrons. The van der Waals surface area contributed by atoms with Crippen molar-refractivity contribution in [3.05, 3.63) is 0 Å². The van der Waals surface area contributed by atoms with Crippen molar-refractivity contribution in [2.45, 2.75) is 19.4 Å². The first-order valence-corrected chi connectivity index (χ1v) is 8.01. The van der Waals surface area contributed by atoms with E-state index >= 15 is 0 Å². The van der Waals surface area contributed by atoms with Crippen molar-refractivity contribution in [3.8, 4) is 0 Å². The van der Waals surface area contributed by atoms with Crippen LogP contribution < -0.4 is 5.32 Å². The van der Waals surface area contributed by atoms with Crippen molar-refractivity contribution < 1.29 is 13.2 Å². The number of sulfone groups is 1. The molecule has 0 amide bonds. The second-order valence-corrected chi connectivity index (χ2v) is 6.89. The van der Waals surface area contributed by atoms with Crippen molar-refractivity contribution >= 4 is 9.84 Å². The largest absolute Gasteiger partial charge is 0.383 e. The van der Waals surface area contributed by atoms with Gasteiger partial charge in [-0.2, -0.15) is 0 Å². The molecule has 0 aromatic heterocycles. The quantitative estimate of drug-likeness (QED) is 0.669.